The van der Waals surface area contributed by atoms with Crippen LogP contribution in [0.15, 0.2) is 37.6 Å². The van der Waals surface area contributed by atoms with Gasteiger partial charge in [0.25, 0.3) is 0 Å². The van der Waals surface area contributed by atoms with E-state index in [1.165, 1.54) is 0 Å². The van der Waals surface area contributed by atoms with E-state index in [0.717, 1.165) is 25.5 Å². The minimum absolute atomic E-state index is 0. The molecule has 0 aliphatic heterocycles. The third-order valence-corrected chi connectivity index (χ3v) is 2.40. The summed E-state index contributed by atoms with van der Waals surface area (Å²) in [5.41, 5.74) is 0. The van der Waals surface area contributed by atoms with Crippen LogP contribution in [0.25, 0.3) is 0 Å². The maximum absolute atomic E-state index is 4.16. The number of rotatable bonds is 5. The van der Waals surface area contributed by atoms with Crippen LogP contribution in [0, 0.1) is 41.3 Å². The van der Waals surface area contributed by atoms with Crippen molar-refractivity contribution in [2.24, 2.45) is 0 Å². The third kappa shape index (κ3) is 9.65. The Morgan fingerprint density at radius 3 is 2.69 bits per heavy atom. The second-order valence-corrected chi connectivity index (χ2v) is 3.50. The molecule has 1 atom stereocenters. The van der Waals surface area contributed by atoms with Gasteiger partial charge in [0.2, 0.25) is 0 Å². The Labute approximate surface area is 136 Å². The molecule has 0 spiro atoms. The van der Waals surface area contributed by atoms with Gasteiger partial charge in [-0.15, -0.1) is 13.2 Å². The van der Waals surface area contributed by atoms with Crippen LogP contribution in [0.4, 0.5) is 5.82 Å². The molecule has 1 rings (SSSR count). The zero-order chi connectivity index (χ0) is 11.5. The molecular formula is C11H22N3PPr. The monoisotopic (exact) mass is 368 g/mol. The van der Waals surface area contributed by atoms with E-state index in [1.54, 1.807) is 6.20 Å². The Morgan fingerprint density at radius 2 is 2.19 bits per heavy atom. The van der Waals surface area contributed by atoms with Crippen LogP contribution < -0.4 is 5.32 Å². The van der Waals surface area contributed by atoms with E-state index in [2.05, 4.69) is 44.4 Å². The number of anilines is 1. The number of likely N-dealkylation sites (N-methyl/N-ethyl adjacent to an activating group) is 1. The van der Waals surface area contributed by atoms with E-state index < -0.39 is 0 Å². The van der Waals surface area contributed by atoms with Gasteiger partial charge < -0.3 is 5.32 Å². The van der Waals surface area contributed by atoms with Crippen molar-refractivity contribution in [1.82, 2.24) is 9.65 Å². The number of nitrogens with one attached hydrogen (secondary N) is 1. The molecule has 1 aromatic rings. The van der Waals surface area contributed by atoms with E-state index in [-0.39, 0.29) is 42.7 Å². The first-order valence-electron chi connectivity index (χ1n) is 4.97. The van der Waals surface area contributed by atoms with Crippen LogP contribution in [0.5, 0.6) is 0 Å². The largest absolute Gasteiger partial charge is 0.369 e. The third-order valence-electron chi connectivity index (χ3n) is 1.78. The SMILES string of the molecule is C=C.CCN(P)CCNc1ccccn1.[HH].[Pr]. The van der Waals surface area contributed by atoms with Crippen molar-refractivity contribution in [3.63, 3.8) is 0 Å². The van der Waals surface area contributed by atoms with Crippen LogP contribution in [-0.2, 0) is 0 Å². The molecule has 1 unspecified atom stereocenters. The number of nitrogens with zero attached hydrogens (tertiary/aromatic N) is 2. The summed E-state index contributed by atoms with van der Waals surface area (Å²) in [5, 5.41) is 3.24. The Balaban J connectivity index is -0.000000464. The van der Waals surface area contributed by atoms with Gasteiger partial charge >= 0.3 is 0 Å². The second kappa shape index (κ2) is 13.5. The normalized spacial score (nSPS) is 8.69. The standard InChI is InChI=1S/C9H16N3P.C2H4.Pr.H2/c1-2-12(13)8-7-11-9-5-3-4-6-10-9;1-2;;/h3-6H,2,7-8,13H2,1H3,(H,10,11);1-2H2;;1H. The molecule has 0 aliphatic carbocycles. The van der Waals surface area contributed by atoms with Crippen molar-refractivity contribution < 1.29 is 42.7 Å². The summed E-state index contributed by atoms with van der Waals surface area (Å²) in [7, 11) is 2.69. The molecule has 0 saturated heterocycles. The van der Waals surface area contributed by atoms with Gasteiger partial charge in [0.05, 0.1) is 0 Å². The van der Waals surface area contributed by atoms with Gasteiger partial charge in [0, 0.05) is 62.0 Å². The zero-order valence-electron chi connectivity index (χ0n) is 9.89. The molecule has 0 amide bonds. The van der Waals surface area contributed by atoms with Crippen molar-refractivity contribution >= 4 is 15.2 Å². The average molecular weight is 368 g/mol. The molecule has 3 nitrogen and oxygen atoms in total. The molecular weight excluding hydrogens is 346 g/mol. The summed E-state index contributed by atoms with van der Waals surface area (Å²) < 4.78 is 2.18. The molecule has 0 saturated carbocycles. The van der Waals surface area contributed by atoms with Crippen LogP contribution in [0.3, 0.4) is 0 Å². The van der Waals surface area contributed by atoms with Crippen LogP contribution in [0.1, 0.15) is 8.35 Å². The number of pyridine rings is 1. The summed E-state index contributed by atoms with van der Waals surface area (Å²) in [5.74, 6) is 0.942. The van der Waals surface area contributed by atoms with Gasteiger partial charge in [-0.05, 0) is 18.7 Å². The summed E-state index contributed by atoms with van der Waals surface area (Å²) in [4.78, 5) is 4.16. The van der Waals surface area contributed by atoms with Crippen LogP contribution >= 0.6 is 9.39 Å². The first-order valence-corrected chi connectivity index (χ1v) is 5.49. The molecule has 1 N–H and O–H groups in total. The van der Waals surface area contributed by atoms with Gasteiger partial charge in [0.15, 0.2) is 0 Å². The molecule has 1 heterocycles. The van der Waals surface area contributed by atoms with Gasteiger partial charge in [-0.2, -0.15) is 0 Å². The van der Waals surface area contributed by atoms with Crippen LogP contribution in [0.2, 0.25) is 0 Å². The Morgan fingerprint density at radius 1 is 1.50 bits per heavy atom. The first kappa shape index (κ1) is 18.8. The molecule has 0 aliphatic rings. The Kier molecular flexibility index (Phi) is 15.9. The fourth-order valence-electron chi connectivity index (χ4n) is 0.953. The maximum Gasteiger partial charge on any atom is 0.125 e. The van der Waals surface area contributed by atoms with Gasteiger partial charge in [-0.25, -0.2) is 4.98 Å². The summed E-state index contributed by atoms with van der Waals surface area (Å²) in [6.45, 7) is 11.1. The van der Waals surface area contributed by atoms with E-state index in [0.29, 0.717) is 0 Å². The van der Waals surface area contributed by atoms with Crippen LogP contribution in [-0.4, -0.2) is 29.3 Å². The molecule has 16 heavy (non-hydrogen) atoms. The smallest absolute Gasteiger partial charge is 0.125 e. The van der Waals surface area contributed by atoms with Crippen molar-refractivity contribution in [1.29, 1.82) is 0 Å². The van der Waals surface area contributed by atoms with E-state index in [4.69, 9.17) is 0 Å². The van der Waals surface area contributed by atoms with Crippen molar-refractivity contribution in [3.8, 4) is 0 Å². The maximum atomic E-state index is 4.16. The summed E-state index contributed by atoms with van der Waals surface area (Å²) in [6, 6.07) is 5.87. The van der Waals surface area contributed by atoms with E-state index in [1.807, 2.05) is 18.2 Å². The fourth-order valence-corrected chi connectivity index (χ4v) is 1.08. The topological polar surface area (TPSA) is 28.2 Å². The number of hydrogen-bond donors (Lipinski definition) is 1. The Hall–Kier alpha value is 0.444. The molecule has 89 valence electrons. The average Bonchev–Trinajstić information content (AvgIpc) is 2.33. The Bertz CT molecular complexity index is 252. The van der Waals surface area contributed by atoms with Gasteiger partial charge in [0.1, 0.15) is 5.82 Å². The predicted octanol–water partition coefficient (Wildman–Crippen LogP) is 2.65. The molecule has 0 bridgehead atoms. The second-order valence-electron chi connectivity index (χ2n) is 2.77. The zero-order valence-corrected chi connectivity index (χ0v) is 14.8. The van der Waals surface area contributed by atoms with Crippen molar-refractivity contribution in [2.45, 2.75) is 6.92 Å². The van der Waals surface area contributed by atoms with E-state index >= 15 is 0 Å². The molecule has 1 radical (unpaired) electrons. The van der Waals surface area contributed by atoms with Gasteiger partial charge in [-0.3, -0.25) is 4.67 Å². The van der Waals surface area contributed by atoms with Crippen molar-refractivity contribution in [3.05, 3.63) is 37.6 Å². The minimum atomic E-state index is 0. The first-order chi connectivity index (χ1) is 7.33. The summed E-state index contributed by atoms with van der Waals surface area (Å²) >= 11 is 0. The predicted molar refractivity (Wildman–Crippen MR) is 73.1 cm³/mol. The molecule has 0 fully saturated rings. The van der Waals surface area contributed by atoms with Gasteiger partial charge in [-0.1, -0.05) is 22.4 Å². The quantitative estimate of drug-likeness (QED) is 0.640. The molecule has 0 aromatic carbocycles. The van der Waals surface area contributed by atoms with E-state index in [9.17, 15) is 0 Å². The summed E-state index contributed by atoms with van der Waals surface area (Å²) in [6.07, 6.45) is 1.79. The number of hydrogen-bond acceptors (Lipinski definition) is 3. The fraction of sp³-hybridized carbons (Fsp3) is 0.364. The minimum Gasteiger partial charge on any atom is -0.369 e. The molecule has 1 aromatic heterocycles. The molecule has 5 heteroatoms. The number of aromatic nitrogens is 1. The van der Waals surface area contributed by atoms with Crippen molar-refractivity contribution in [2.75, 3.05) is 25.0 Å².